The Bertz CT molecular complexity index is 754. The molecule has 0 spiro atoms. The number of anilines is 2. The van der Waals surface area contributed by atoms with E-state index in [1.54, 1.807) is 0 Å². The maximum absolute atomic E-state index is 12.7. The lowest BCUT2D eigenvalue weighted by atomic mass is 9.97. The first-order valence-corrected chi connectivity index (χ1v) is 8.68. The molecule has 27 heavy (non-hydrogen) atoms. The lowest BCUT2D eigenvalue weighted by Gasteiger charge is -2.20. The van der Waals surface area contributed by atoms with Gasteiger partial charge in [0.15, 0.2) is 0 Å². The summed E-state index contributed by atoms with van der Waals surface area (Å²) in [5.74, 6) is 0.683. The van der Waals surface area contributed by atoms with Crippen molar-refractivity contribution in [2.45, 2.75) is 12.8 Å². The second-order valence-corrected chi connectivity index (χ2v) is 6.50. The Hall–Kier alpha value is -1.95. The Balaban J connectivity index is 0.00000182. The van der Waals surface area contributed by atoms with Gasteiger partial charge in [-0.05, 0) is 56.8 Å². The molecule has 3 rings (SSSR count). The van der Waals surface area contributed by atoms with Gasteiger partial charge in [0.05, 0.1) is 0 Å². The highest BCUT2D eigenvalue weighted by Crippen LogP contribution is 2.26. The Morgan fingerprint density at radius 2 is 1.96 bits per heavy atom. The van der Waals surface area contributed by atoms with E-state index in [0.29, 0.717) is 6.61 Å². The average Bonchev–Trinajstić information content (AvgIpc) is 2.61. The third-order valence-electron chi connectivity index (χ3n) is 4.24. The lowest BCUT2D eigenvalue weighted by Crippen LogP contribution is -2.20. The van der Waals surface area contributed by atoms with Crippen LogP contribution in [0.15, 0.2) is 42.5 Å². The number of carbonyl (C=O) groups excluding carboxylic acids is 1. The molecular formula is C20H27Cl2N3O2. The van der Waals surface area contributed by atoms with E-state index in [4.69, 9.17) is 4.74 Å². The lowest BCUT2D eigenvalue weighted by molar-refractivity contribution is 0.102. The second kappa shape index (κ2) is 11.0. The number of nitrogens with one attached hydrogen (secondary N) is 2. The van der Waals surface area contributed by atoms with Crippen molar-refractivity contribution in [3.8, 4) is 5.75 Å². The highest BCUT2D eigenvalue weighted by atomic mass is 35.5. The van der Waals surface area contributed by atoms with Crippen LogP contribution in [0.4, 0.5) is 11.4 Å². The monoisotopic (exact) mass is 411 g/mol. The van der Waals surface area contributed by atoms with E-state index in [-0.39, 0.29) is 30.7 Å². The summed E-state index contributed by atoms with van der Waals surface area (Å²) in [4.78, 5) is 14.8. The highest BCUT2D eigenvalue weighted by molar-refractivity contribution is 6.06. The van der Waals surface area contributed by atoms with Crippen LogP contribution in [-0.2, 0) is 6.42 Å². The SMILES string of the molecule is CN(C)CCOc1cccc(NC(=O)c2cccc3c2CCCN3)c1.Cl.Cl. The summed E-state index contributed by atoms with van der Waals surface area (Å²) < 4.78 is 5.73. The summed E-state index contributed by atoms with van der Waals surface area (Å²) in [6.45, 7) is 2.42. The van der Waals surface area contributed by atoms with Gasteiger partial charge in [0, 0.05) is 36.1 Å². The number of benzene rings is 2. The molecule has 1 heterocycles. The maximum atomic E-state index is 12.7. The van der Waals surface area contributed by atoms with Crippen LogP contribution in [0.2, 0.25) is 0 Å². The molecule has 0 aliphatic carbocycles. The number of hydrogen-bond donors (Lipinski definition) is 2. The average molecular weight is 412 g/mol. The van der Waals surface area contributed by atoms with Crippen LogP contribution in [0.1, 0.15) is 22.3 Å². The van der Waals surface area contributed by atoms with Crippen LogP contribution in [-0.4, -0.2) is 44.6 Å². The smallest absolute Gasteiger partial charge is 0.256 e. The third-order valence-corrected chi connectivity index (χ3v) is 4.24. The third kappa shape index (κ3) is 6.31. The van der Waals surface area contributed by atoms with Gasteiger partial charge in [0.25, 0.3) is 5.91 Å². The molecule has 2 aromatic carbocycles. The van der Waals surface area contributed by atoms with Crippen molar-refractivity contribution in [3.05, 3.63) is 53.6 Å². The van der Waals surface area contributed by atoms with Gasteiger partial charge >= 0.3 is 0 Å². The van der Waals surface area contributed by atoms with Gasteiger partial charge in [-0.25, -0.2) is 0 Å². The molecule has 0 aromatic heterocycles. The fourth-order valence-electron chi connectivity index (χ4n) is 2.93. The van der Waals surface area contributed by atoms with E-state index in [0.717, 1.165) is 54.2 Å². The van der Waals surface area contributed by atoms with Crippen molar-refractivity contribution < 1.29 is 9.53 Å². The molecule has 0 radical (unpaired) electrons. The van der Waals surface area contributed by atoms with E-state index in [9.17, 15) is 4.79 Å². The number of fused-ring (bicyclic) bond motifs is 1. The number of rotatable bonds is 6. The minimum atomic E-state index is -0.0778. The number of halogens is 2. The number of amides is 1. The van der Waals surface area contributed by atoms with E-state index < -0.39 is 0 Å². The van der Waals surface area contributed by atoms with Crippen LogP contribution in [0.25, 0.3) is 0 Å². The largest absolute Gasteiger partial charge is 0.492 e. The van der Waals surface area contributed by atoms with Gasteiger partial charge in [-0.15, -0.1) is 24.8 Å². The molecule has 1 aliphatic heterocycles. The van der Waals surface area contributed by atoms with Gasteiger partial charge in [0.1, 0.15) is 12.4 Å². The molecule has 1 aliphatic rings. The summed E-state index contributed by atoms with van der Waals surface area (Å²) in [7, 11) is 4.02. The topological polar surface area (TPSA) is 53.6 Å². The van der Waals surface area contributed by atoms with E-state index in [1.165, 1.54) is 0 Å². The molecule has 1 amide bonds. The number of ether oxygens (including phenoxy) is 1. The number of nitrogens with zero attached hydrogens (tertiary/aromatic N) is 1. The molecule has 7 heteroatoms. The Morgan fingerprint density at radius 3 is 2.74 bits per heavy atom. The van der Waals surface area contributed by atoms with Crippen molar-refractivity contribution in [1.29, 1.82) is 0 Å². The Labute approximate surface area is 173 Å². The van der Waals surface area contributed by atoms with Crippen LogP contribution in [0.5, 0.6) is 5.75 Å². The fourth-order valence-corrected chi connectivity index (χ4v) is 2.93. The summed E-state index contributed by atoms with van der Waals surface area (Å²) in [5.41, 5.74) is 3.65. The van der Waals surface area contributed by atoms with E-state index in [1.807, 2.05) is 56.6 Å². The first-order chi connectivity index (χ1) is 12.1. The predicted octanol–water partition coefficient (Wildman–Crippen LogP) is 4.08. The van der Waals surface area contributed by atoms with Crippen LogP contribution in [0, 0.1) is 0 Å². The van der Waals surface area contributed by atoms with E-state index >= 15 is 0 Å². The van der Waals surface area contributed by atoms with Crippen LogP contribution < -0.4 is 15.4 Å². The second-order valence-electron chi connectivity index (χ2n) is 6.50. The number of hydrogen-bond acceptors (Lipinski definition) is 4. The Kier molecular flexibility index (Phi) is 9.43. The molecule has 0 atom stereocenters. The summed E-state index contributed by atoms with van der Waals surface area (Å²) >= 11 is 0. The number of carbonyl (C=O) groups is 1. The molecule has 2 aromatic rings. The van der Waals surface area contributed by atoms with E-state index in [2.05, 4.69) is 15.5 Å². The molecule has 0 fully saturated rings. The van der Waals surface area contributed by atoms with Gasteiger partial charge in [-0.2, -0.15) is 0 Å². The van der Waals surface area contributed by atoms with Crippen molar-refractivity contribution in [2.75, 3.05) is 44.4 Å². The predicted molar refractivity (Wildman–Crippen MR) is 116 cm³/mol. The van der Waals surface area contributed by atoms with Gasteiger partial charge in [-0.1, -0.05) is 12.1 Å². The summed E-state index contributed by atoms with van der Waals surface area (Å²) in [6.07, 6.45) is 1.98. The molecule has 0 saturated heterocycles. The van der Waals surface area contributed by atoms with Crippen molar-refractivity contribution in [1.82, 2.24) is 4.90 Å². The summed E-state index contributed by atoms with van der Waals surface area (Å²) in [6, 6.07) is 13.4. The van der Waals surface area contributed by atoms with Crippen LogP contribution in [0.3, 0.4) is 0 Å². The normalized spacial score (nSPS) is 12.1. The molecule has 0 bridgehead atoms. The number of likely N-dealkylation sites (N-methyl/N-ethyl adjacent to an activating group) is 1. The van der Waals surface area contributed by atoms with Gasteiger partial charge in [-0.3, -0.25) is 4.79 Å². The quantitative estimate of drug-likeness (QED) is 0.751. The van der Waals surface area contributed by atoms with Gasteiger partial charge < -0.3 is 20.3 Å². The van der Waals surface area contributed by atoms with Crippen molar-refractivity contribution in [3.63, 3.8) is 0 Å². The first-order valence-electron chi connectivity index (χ1n) is 8.68. The molecular weight excluding hydrogens is 385 g/mol. The minimum absolute atomic E-state index is 0. The molecule has 0 saturated carbocycles. The molecule has 0 unspecified atom stereocenters. The molecule has 148 valence electrons. The van der Waals surface area contributed by atoms with Crippen molar-refractivity contribution in [2.24, 2.45) is 0 Å². The Morgan fingerprint density at radius 1 is 1.19 bits per heavy atom. The van der Waals surface area contributed by atoms with Crippen LogP contribution >= 0.6 is 24.8 Å². The zero-order valence-corrected chi connectivity index (χ0v) is 17.3. The fraction of sp³-hybridized carbons (Fsp3) is 0.350. The molecule has 2 N–H and O–H groups in total. The zero-order valence-electron chi connectivity index (χ0n) is 15.7. The first kappa shape index (κ1) is 23.1. The van der Waals surface area contributed by atoms with Crippen molar-refractivity contribution >= 4 is 42.1 Å². The maximum Gasteiger partial charge on any atom is 0.256 e. The summed E-state index contributed by atoms with van der Waals surface area (Å²) in [5, 5.41) is 6.35. The highest BCUT2D eigenvalue weighted by Gasteiger charge is 2.17. The molecule has 5 nitrogen and oxygen atoms in total. The standard InChI is InChI=1S/C20H25N3O2.2ClH/c1-23(2)12-13-25-16-7-3-6-15(14-16)22-20(24)18-8-4-10-19-17(18)9-5-11-21-19;;/h3-4,6-8,10,14,21H,5,9,11-13H2,1-2H3,(H,22,24);2*1H. The minimum Gasteiger partial charge on any atom is -0.492 e. The van der Waals surface area contributed by atoms with Gasteiger partial charge in [0.2, 0.25) is 0 Å². The zero-order chi connectivity index (χ0) is 17.6.